The maximum Gasteiger partial charge on any atom is 0.323 e. The number of carbonyl (C=O) groups is 1. The number of nitrogens with zero attached hydrogens (tertiary/aromatic N) is 3. The van der Waals surface area contributed by atoms with E-state index in [4.69, 9.17) is 4.42 Å². The quantitative estimate of drug-likeness (QED) is 0.750. The fourth-order valence-corrected chi connectivity index (χ4v) is 3.48. The van der Waals surface area contributed by atoms with Crippen LogP contribution in [0.5, 0.6) is 0 Å². The first-order valence-electron chi connectivity index (χ1n) is 9.03. The van der Waals surface area contributed by atoms with Crippen LogP contribution in [0.1, 0.15) is 37.5 Å². The Morgan fingerprint density at radius 3 is 2.77 bits per heavy atom. The summed E-state index contributed by atoms with van der Waals surface area (Å²) in [5.41, 5.74) is 0.909. The van der Waals surface area contributed by atoms with Gasteiger partial charge in [0, 0.05) is 12.6 Å². The van der Waals surface area contributed by atoms with Gasteiger partial charge in [-0.25, -0.2) is 9.48 Å². The lowest BCUT2D eigenvalue weighted by molar-refractivity contribution is 0.179. The second kappa shape index (κ2) is 7.47. The number of urea groups is 1. The summed E-state index contributed by atoms with van der Waals surface area (Å²) in [7, 11) is 0. The minimum Gasteiger partial charge on any atom is -0.467 e. The third-order valence-electron chi connectivity index (χ3n) is 4.76. The van der Waals surface area contributed by atoms with Crippen molar-refractivity contribution in [3.05, 3.63) is 66.8 Å². The zero-order valence-electron chi connectivity index (χ0n) is 14.5. The fourth-order valence-electron chi connectivity index (χ4n) is 3.48. The van der Waals surface area contributed by atoms with Gasteiger partial charge in [0.25, 0.3) is 0 Å². The van der Waals surface area contributed by atoms with E-state index in [1.165, 1.54) is 0 Å². The lowest BCUT2D eigenvalue weighted by atomic mass is 10.1. The Morgan fingerprint density at radius 2 is 1.96 bits per heavy atom. The van der Waals surface area contributed by atoms with Gasteiger partial charge in [-0.15, -0.1) is 0 Å². The lowest BCUT2D eigenvalue weighted by Crippen LogP contribution is -2.38. The Bertz CT molecular complexity index is 842. The van der Waals surface area contributed by atoms with Gasteiger partial charge in [0.2, 0.25) is 0 Å². The van der Waals surface area contributed by atoms with E-state index in [1.807, 2.05) is 53.4 Å². The molecule has 6 nitrogen and oxygen atoms in total. The Kier molecular flexibility index (Phi) is 4.73. The van der Waals surface area contributed by atoms with Gasteiger partial charge >= 0.3 is 6.03 Å². The Balaban J connectivity index is 1.56. The molecule has 1 aromatic carbocycles. The molecule has 3 aromatic rings. The van der Waals surface area contributed by atoms with Gasteiger partial charge < -0.3 is 9.32 Å². The van der Waals surface area contributed by atoms with Crippen molar-refractivity contribution in [3.63, 3.8) is 0 Å². The van der Waals surface area contributed by atoms with Crippen LogP contribution in [0, 0.1) is 0 Å². The van der Waals surface area contributed by atoms with Gasteiger partial charge in [0.05, 0.1) is 24.2 Å². The molecule has 1 aliphatic rings. The summed E-state index contributed by atoms with van der Waals surface area (Å²) >= 11 is 0. The predicted octanol–water partition coefficient (Wildman–Crippen LogP) is 4.61. The number of carbonyl (C=O) groups excluding carboxylic acids is 1. The van der Waals surface area contributed by atoms with Crippen LogP contribution < -0.4 is 5.32 Å². The molecule has 2 amide bonds. The summed E-state index contributed by atoms with van der Waals surface area (Å²) in [5, 5.41) is 7.36. The number of rotatable bonds is 3. The van der Waals surface area contributed by atoms with Crippen LogP contribution in [0.4, 0.5) is 10.6 Å². The molecule has 1 N–H and O–H groups in total. The average molecular weight is 350 g/mol. The molecule has 26 heavy (non-hydrogen) atoms. The molecule has 1 saturated heterocycles. The number of para-hydroxylation sites is 1. The lowest BCUT2D eigenvalue weighted by Gasteiger charge is -2.28. The molecule has 0 saturated carbocycles. The molecule has 0 unspecified atom stereocenters. The van der Waals surface area contributed by atoms with Crippen LogP contribution in [0.2, 0.25) is 0 Å². The molecule has 0 radical (unpaired) electrons. The van der Waals surface area contributed by atoms with Gasteiger partial charge in [-0.1, -0.05) is 31.0 Å². The third-order valence-corrected chi connectivity index (χ3v) is 4.76. The number of hydrogen-bond donors (Lipinski definition) is 1. The third kappa shape index (κ3) is 3.35. The summed E-state index contributed by atoms with van der Waals surface area (Å²) in [6.45, 7) is 0.719. The van der Waals surface area contributed by atoms with E-state index in [0.717, 1.165) is 43.7 Å². The number of amides is 2. The van der Waals surface area contributed by atoms with Crippen molar-refractivity contribution in [1.29, 1.82) is 0 Å². The monoisotopic (exact) mass is 350 g/mol. The number of aromatic nitrogens is 2. The molecule has 1 fully saturated rings. The molecular formula is C20H22N4O2. The Morgan fingerprint density at radius 1 is 1.08 bits per heavy atom. The highest BCUT2D eigenvalue weighted by molar-refractivity contribution is 5.89. The molecule has 134 valence electrons. The van der Waals surface area contributed by atoms with Gasteiger partial charge in [-0.2, -0.15) is 5.10 Å². The Hall–Kier alpha value is -3.02. The maximum atomic E-state index is 13.0. The first kappa shape index (κ1) is 16.4. The average Bonchev–Trinajstić information content (AvgIpc) is 3.30. The number of benzene rings is 1. The molecule has 4 rings (SSSR count). The van der Waals surface area contributed by atoms with Gasteiger partial charge in [-0.05, 0) is 37.1 Å². The van der Waals surface area contributed by atoms with E-state index in [1.54, 1.807) is 17.1 Å². The summed E-state index contributed by atoms with van der Waals surface area (Å²) in [6, 6.07) is 15.3. The highest BCUT2D eigenvalue weighted by Gasteiger charge is 2.29. The van der Waals surface area contributed by atoms with E-state index < -0.39 is 0 Å². The fraction of sp³-hybridized carbons (Fsp3) is 0.300. The van der Waals surface area contributed by atoms with Crippen LogP contribution in [0.3, 0.4) is 0 Å². The molecule has 3 heterocycles. The van der Waals surface area contributed by atoms with Crippen molar-refractivity contribution >= 4 is 11.8 Å². The smallest absolute Gasteiger partial charge is 0.323 e. The van der Waals surface area contributed by atoms with Crippen molar-refractivity contribution in [2.75, 3.05) is 11.9 Å². The number of hydrogen-bond acceptors (Lipinski definition) is 3. The van der Waals surface area contributed by atoms with E-state index in [2.05, 4.69) is 10.4 Å². The van der Waals surface area contributed by atoms with Gasteiger partial charge in [-0.3, -0.25) is 5.32 Å². The first-order chi connectivity index (χ1) is 12.8. The zero-order chi connectivity index (χ0) is 17.8. The van der Waals surface area contributed by atoms with E-state index in [-0.39, 0.29) is 12.1 Å². The van der Waals surface area contributed by atoms with Crippen molar-refractivity contribution in [2.24, 2.45) is 0 Å². The predicted molar refractivity (Wildman–Crippen MR) is 99.2 cm³/mol. The van der Waals surface area contributed by atoms with E-state index in [0.29, 0.717) is 5.82 Å². The van der Waals surface area contributed by atoms with Crippen molar-refractivity contribution in [3.8, 4) is 5.69 Å². The highest BCUT2D eigenvalue weighted by atomic mass is 16.3. The van der Waals surface area contributed by atoms with E-state index in [9.17, 15) is 4.79 Å². The summed E-state index contributed by atoms with van der Waals surface area (Å²) in [4.78, 5) is 14.9. The summed E-state index contributed by atoms with van der Waals surface area (Å²) in [5.74, 6) is 1.50. The zero-order valence-corrected chi connectivity index (χ0v) is 14.5. The van der Waals surface area contributed by atoms with Gasteiger partial charge in [0.15, 0.2) is 0 Å². The SMILES string of the molecule is O=C(Nc1ccnn1-c1ccccc1)N1CCCCC[C@@H]1c1ccco1. The van der Waals surface area contributed by atoms with Gasteiger partial charge in [0.1, 0.15) is 11.6 Å². The van der Waals surface area contributed by atoms with Crippen LogP contribution in [-0.2, 0) is 0 Å². The number of likely N-dealkylation sites (tertiary alicyclic amines) is 1. The first-order valence-corrected chi connectivity index (χ1v) is 9.03. The Labute approximate surface area is 152 Å². The largest absolute Gasteiger partial charge is 0.467 e. The molecular weight excluding hydrogens is 328 g/mol. The molecule has 1 aliphatic heterocycles. The molecule has 6 heteroatoms. The summed E-state index contributed by atoms with van der Waals surface area (Å²) < 4.78 is 7.33. The van der Waals surface area contributed by atoms with Crippen LogP contribution in [0.15, 0.2) is 65.4 Å². The summed E-state index contributed by atoms with van der Waals surface area (Å²) in [6.07, 6.45) is 7.50. The number of furan rings is 1. The second-order valence-corrected chi connectivity index (χ2v) is 6.47. The van der Waals surface area contributed by atoms with E-state index >= 15 is 0 Å². The van der Waals surface area contributed by atoms with Crippen LogP contribution in [0.25, 0.3) is 5.69 Å². The maximum absolute atomic E-state index is 13.0. The second-order valence-electron chi connectivity index (χ2n) is 6.47. The minimum atomic E-state index is -0.119. The molecule has 0 bridgehead atoms. The highest BCUT2D eigenvalue weighted by Crippen LogP contribution is 2.31. The van der Waals surface area contributed by atoms with Crippen LogP contribution >= 0.6 is 0 Å². The molecule has 0 aliphatic carbocycles. The normalized spacial score (nSPS) is 17.7. The van der Waals surface area contributed by atoms with Crippen molar-refractivity contribution in [1.82, 2.24) is 14.7 Å². The van der Waals surface area contributed by atoms with Crippen LogP contribution in [-0.4, -0.2) is 27.3 Å². The topological polar surface area (TPSA) is 63.3 Å². The molecule has 2 aromatic heterocycles. The standard InChI is InChI=1S/C20H22N4O2/c25-20(22-19-12-13-21-24(19)16-8-3-1-4-9-16)23-14-6-2-5-10-17(23)18-11-7-15-26-18/h1,3-4,7-9,11-13,15,17H,2,5-6,10,14H2,(H,22,25)/t17-/m1/s1. The number of anilines is 1. The minimum absolute atomic E-state index is 0.0272. The molecule has 1 atom stereocenters. The number of nitrogens with one attached hydrogen (secondary N) is 1. The van der Waals surface area contributed by atoms with Crippen molar-refractivity contribution < 1.29 is 9.21 Å². The molecule has 0 spiro atoms. The van der Waals surface area contributed by atoms with Crippen molar-refractivity contribution in [2.45, 2.75) is 31.7 Å².